The molecule has 0 amide bonds. The SMILES string of the molecule is Cc1ccc2c(c1)CCCN2c1cccc(Cl)c1CN. The molecule has 0 saturated heterocycles. The number of aryl methyl sites for hydroxylation is 2. The number of nitrogens with two attached hydrogens (primary N) is 1. The molecule has 0 spiro atoms. The summed E-state index contributed by atoms with van der Waals surface area (Å²) >= 11 is 6.29. The van der Waals surface area contributed by atoms with Crippen LogP contribution in [0.2, 0.25) is 5.02 Å². The summed E-state index contributed by atoms with van der Waals surface area (Å²) in [6.07, 6.45) is 2.30. The van der Waals surface area contributed by atoms with Crippen LogP contribution in [0.1, 0.15) is 23.1 Å². The Morgan fingerprint density at radius 2 is 2.05 bits per heavy atom. The maximum Gasteiger partial charge on any atom is 0.0471 e. The first-order chi connectivity index (χ1) is 9.70. The second-order valence-electron chi connectivity index (χ2n) is 5.33. The Morgan fingerprint density at radius 1 is 1.20 bits per heavy atom. The highest BCUT2D eigenvalue weighted by atomic mass is 35.5. The van der Waals surface area contributed by atoms with Gasteiger partial charge in [-0.1, -0.05) is 35.4 Å². The Kier molecular flexibility index (Phi) is 3.68. The number of halogens is 1. The van der Waals surface area contributed by atoms with Crippen molar-refractivity contribution in [1.29, 1.82) is 0 Å². The van der Waals surface area contributed by atoms with Gasteiger partial charge < -0.3 is 10.6 Å². The predicted molar refractivity (Wildman–Crippen MR) is 85.8 cm³/mol. The van der Waals surface area contributed by atoms with Crippen molar-refractivity contribution < 1.29 is 0 Å². The molecule has 0 bridgehead atoms. The van der Waals surface area contributed by atoms with Crippen molar-refractivity contribution in [3.8, 4) is 0 Å². The van der Waals surface area contributed by atoms with Crippen molar-refractivity contribution >= 4 is 23.0 Å². The van der Waals surface area contributed by atoms with Gasteiger partial charge in [0.1, 0.15) is 0 Å². The first kappa shape index (κ1) is 13.5. The van der Waals surface area contributed by atoms with Gasteiger partial charge in [-0.25, -0.2) is 0 Å². The number of rotatable bonds is 2. The molecule has 104 valence electrons. The van der Waals surface area contributed by atoms with Crippen LogP contribution in [-0.4, -0.2) is 6.54 Å². The minimum Gasteiger partial charge on any atom is -0.341 e. The molecule has 1 aliphatic rings. The van der Waals surface area contributed by atoms with E-state index >= 15 is 0 Å². The Balaban J connectivity index is 2.11. The fourth-order valence-electron chi connectivity index (χ4n) is 2.98. The zero-order valence-corrected chi connectivity index (χ0v) is 12.5. The average molecular weight is 287 g/mol. The van der Waals surface area contributed by atoms with Crippen LogP contribution in [0.5, 0.6) is 0 Å². The molecule has 2 aromatic rings. The van der Waals surface area contributed by atoms with Crippen LogP contribution < -0.4 is 10.6 Å². The molecule has 0 fully saturated rings. The number of benzene rings is 2. The van der Waals surface area contributed by atoms with Gasteiger partial charge in [0, 0.05) is 35.1 Å². The molecule has 0 unspecified atom stereocenters. The molecular weight excluding hydrogens is 268 g/mol. The molecule has 20 heavy (non-hydrogen) atoms. The largest absolute Gasteiger partial charge is 0.341 e. The quantitative estimate of drug-likeness (QED) is 0.897. The molecule has 3 rings (SSSR count). The fourth-order valence-corrected chi connectivity index (χ4v) is 3.23. The van der Waals surface area contributed by atoms with E-state index in [0.717, 1.165) is 35.7 Å². The summed E-state index contributed by atoms with van der Waals surface area (Å²) in [7, 11) is 0. The Bertz CT molecular complexity index is 637. The van der Waals surface area contributed by atoms with Crippen LogP contribution in [0.4, 0.5) is 11.4 Å². The van der Waals surface area contributed by atoms with Gasteiger partial charge in [0.25, 0.3) is 0 Å². The van der Waals surface area contributed by atoms with E-state index in [4.69, 9.17) is 17.3 Å². The first-order valence-corrected chi connectivity index (χ1v) is 7.43. The number of hydrogen-bond donors (Lipinski definition) is 1. The van der Waals surface area contributed by atoms with Crippen LogP contribution in [0.3, 0.4) is 0 Å². The van der Waals surface area contributed by atoms with E-state index in [1.165, 1.54) is 16.8 Å². The number of nitrogens with zero attached hydrogens (tertiary/aromatic N) is 1. The molecule has 2 nitrogen and oxygen atoms in total. The Labute approximate surface area is 125 Å². The Morgan fingerprint density at radius 3 is 2.85 bits per heavy atom. The van der Waals surface area contributed by atoms with Gasteiger partial charge in [-0.2, -0.15) is 0 Å². The zero-order valence-electron chi connectivity index (χ0n) is 11.7. The minimum absolute atomic E-state index is 0.465. The van der Waals surface area contributed by atoms with Crippen molar-refractivity contribution in [2.24, 2.45) is 5.73 Å². The summed E-state index contributed by atoms with van der Waals surface area (Å²) < 4.78 is 0. The van der Waals surface area contributed by atoms with Gasteiger partial charge in [0.05, 0.1) is 0 Å². The molecule has 1 heterocycles. The molecule has 0 aliphatic carbocycles. The fraction of sp³-hybridized carbons (Fsp3) is 0.294. The van der Waals surface area contributed by atoms with Gasteiger partial charge in [-0.05, 0) is 43.5 Å². The zero-order chi connectivity index (χ0) is 14.1. The molecule has 0 aromatic heterocycles. The third-order valence-corrected chi connectivity index (χ3v) is 4.30. The normalized spacial score (nSPS) is 14.2. The molecular formula is C17H19ClN2. The highest BCUT2D eigenvalue weighted by molar-refractivity contribution is 6.31. The smallest absolute Gasteiger partial charge is 0.0471 e. The topological polar surface area (TPSA) is 29.3 Å². The van der Waals surface area contributed by atoms with Gasteiger partial charge in [0.2, 0.25) is 0 Å². The maximum absolute atomic E-state index is 6.29. The van der Waals surface area contributed by atoms with Crippen molar-refractivity contribution in [3.05, 3.63) is 58.1 Å². The summed E-state index contributed by atoms with van der Waals surface area (Å²) in [5.74, 6) is 0. The second-order valence-corrected chi connectivity index (χ2v) is 5.74. The Hall–Kier alpha value is -1.51. The summed E-state index contributed by atoms with van der Waals surface area (Å²) in [5, 5.41) is 0.754. The molecule has 2 N–H and O–H groups in total. The van der Waals surface area contributed by atoms with E-state index in [1.807, 2.05) is 12.1 Å². The lowest BCUT2D eigenvalue weighted by Gasteiger charge is -2.33. The average Bonchev–Trinajstić information content (AvgIpc) is 2.46. The molecule has 0 atom stereocenters. The van der Waals surface area contributed by atoms with E-state index in [0.29, 0.717) is 6.54 Å². The number of hydrogen-bond acceptors (Lipinski definition) is 2. The van der Waals surface area contributed by atoms with Crippen molar-refractivity contribution in [1.82, 2.24) is 0 Å². The third kappa shape index (κ3) is 2.30. The third-order valence-electron chi connectivity index (χ3n) is 3.94. The summed E-state index contributed by atoms with van der Waals surface area (Å²) in [6, 6.07) is 12.7. The summed E-state index contributed by atoms with van der Waals surface area (Å²) in [4.78, 5) is 2.35. The highest BCUT2D eigenvalue weighted by Crippen LogP contribution is 2.37. The molecule has 1 aliphatic heterocycles. The highest BCUT2D eigenvalue weighted by Gasteiger charge is 2.20. The van der Waals surface area contributed by atoms with E-state index in [2.05, 4.69) is 36.1 Å². The summed E-state index contributed by atoms with van der Waals surface area (Å²) in [5.41, 5.74) is 12.1. The van der Waals surface area contributed by atoms with Crippen LogP contribution in [0.25, 0.3) is 0 Å². The van der Waals surface area contributed by atoms with Crippen LogP contribution in [0, 0.1) is 6.92 Å². The van der Waals surface area contributed by atoms with Gasteiger partial charge in [-0.3, -0.25) is 0 Å². The number of anilines is 2. The predicted octanol–water partition coefficient (Wildman–Crippen LogP) is 4.19. The molecule has 2 aromatic carbocycles. The van der Waals surface area contributed by atoms with Gasteiger partial charge >= 0.3 is 0 Å². The number of fused-ring (bicyclic) bond motifs is 1. The molecule has 0 radical (unpaired) electrons. The first-order valence-electron chi connectivity index (χ1n) is 7.05. The van der Waals surface area contributed by atoms with Crippen molar-refractivity contribution in [2.75, 3.05) is 11.4 Å². The lowest BCUT2D eigenvalue weighted by atomic mass is 9.98. The molecule has 3 heteroatoms. The van der Waals surface area contributed by atoms with Crippen molar-refractivity contribution in [3.63, 3.8) is 0 Å². The van der Waals surface area contributed by atoms with Gasteiger partial charge in [0.15, 0.2) is 0 Å². The van der Waals surface area contributed by atoms with Gasteiger partial charge in [-0.15, -0.1) is 0 Å². The maximum atomic E-state index is 6.29. The van der Waals surface area contributed by atoms with E-state index in [1.54, 1.807) is 0 Å². The van der Waals surface area contributed by atoms with E-state index in [-0.39, 0.29) is 0 Å². The second kappa shape index (κ2) is 5.47. The van der Waals surface area contributed by atoms with Crippen LogP contribution in [0.15, 0.2) is 36.4 Å². The monoisotopic (exact) mass is 286 g/mol. The minimum atomic E-state index is 0.465. The van der Waals surface area contributed by atoms with Crippen molar-refractivity contribution in [2.45, 2.75) is 26.3 Å². The van der Waals surface area contributed by atoms with E-state index < -0.39 is 0 Å². The summed E-state index contributed by atoms with van der Waals surface area (Å²) in [6.45, 7) is 3.63. The lowest BCUT2D eigenvalue weighted by Crippen LogP contribution is -2.26. The molecule has 0 saturated carbocycles. The van der Waals surface area contributed by atoms with E-state index in [9.17, 15) is 0 Å². The van der Waals surface area contributed by atoms with Crippen LogP contribution in [-0.2, 0) is 13.0 Å². The van der Waals surface area contributed by atoms with Crippen LogP contribution >= 0.6 is 11.6 Å². The standard InChI is InChI=1S/C17H19ClN2/c1-12-7-8-16-13(10-12)4-3-9-20(16)17-6-2-5-15(18)14(17)11-19/h2,5-8,10H,3-4,9,11,19H2,1H3. The lowest BCUT2D eigenvalue weighted by molar-refractivity contribution is 0.762.